The molecule has 0 aromatic rings. The average Bonchev–Trinajstić information content (AvgIpc) is 1.65. The summed E-state index contributed by atoms with van der Waals surface area (Å²) in [4.78, 5) is 9.48. The van der Waals surface area contributed by atoms with Gasteiger partial charge in [0.15, 0.2) is 0 Å². The van der Waals surface area contributed by atoms with Crippen LogP contribution in [-0.4, -0.2) is 33.2 Å². The van der Waals surface area contributed by atoms with E-state index >= 15 is 0 Å². The maximum absolute atomic E-state index is 10.5. The third kappa shape index (κ3) is 2.43. The highest BCUT2D eigenvalue weighted by Gasteiger charge is 2.10. The van der Waals surface area contributed by atoms with Crippen LogP contribution in [-0.2, 0) is 15.0 Å². The van der Waals surface area contributed by atoms with E-state index in [1.54, 1.807) is 0 Å². The van der Waals surface area contributed by atoms with Gasteiger partial charge < -0.3 is 0 Å². The first-order valence-corrected chi connectivity index (χ1v) is 3.51. The summed E-state index contributed by atoms with van der Waals surface area (Å²) < 4.78 is 23.4. The predicted octanol–water partition coefficient (Wildman–Crippen LogP) is -1.55. The first-order valence-electron chi connectivity index (χ1n) is 2.07. The van der Waals surface area contributed by atoms with Crippen LogP contribution in [0.1, 0.15) is 0 Å². The fourth-order valence-corrected chi connectivity index (χ4v) is 0.432. The lowest BCUT2D eigenvalue weighted by Crippen LogP contribution is -2.34. The van der Waals surface area contributed by atoms with Crippen LogP contribution in [0.25, 0.3) is 0 Å². The lowest BCUT2D eigenvalue weighted by Gasteiger charge is -2.06. The molecule has 0 aliphatic rings. The van der Waals surface area contributed by atoms with Gasteiger partial charge in [0, 0.05) is 14.1 Å². The van der Waals surface area contributed by atoms with Crippen LogP contribution in [0.4, 0.5) is 0 Å². The summed E-state index contributed by atoms with van der Waals surface area (Å²) in [5.74, 6) is 0. The van der Waals surface area contributed by atoms with E-state index in [9.17, 15) is 13.2 Å². The van der Waals surface area contributed by atoms with Crippen molar-refractivity contribution in [3.05, 3.63) is 0 Å². The molecule has 6 heteroatoms. The molecule has 0 fully saturated rings. The molecule has 0 bridgehead atoms. The zero-order chi connectivity index (χ0) is 7.49. The standard InChI is InChI=1S/C3H7N2O3S/c1-5(2)9(7,8)4-3-6/h1-2H3,(H,4,6). The van der Waals surface area contributed by atoms with Gasteiger partial charge in [-0.25, -0.2) is 4.72 Å². The Morgan fingerprint density at radius 3 is 2.00 bits per heavy atom. The monoisotopic (exact) mass is 151 g/mol. The molecule has 9 heavy (non-hydrogen) atoms. The minimum atomic E-state index is -3.59. The lowest BCUT2D eigenvalue weighted by molar-refractivity contribution is 0.508. The molecule has 0 rings (SSSR count). The Labute approximate surface area is 53.8 Å². The van der Waals surface area contributed by atoms with Crippen LogP contribution in [0.3, 0.4) is 0 Å². The van der Waals surface area contributed by atoms with Gasteiger partial charge in [-0.05, 0) is 0 Å². The summed E-state index contributed by atoms with van der Waals surface area (Å²) in [5.41, 5.74) is 0. The van der Waals surface area contributed by atoms with E-state index in [1.807, 2.05) is 0 Å². The van der Waals surface area contributed by atoms with Crippen molar-refractivity contribution in [3.63, 3.8) is 0 Å². The fraction of sp³-hybridized carbons (Fsp3) is 0.667. The first-order chi connectivity index (χ1) is 4.00. The fourth-order valence-electron chi connectivity index (χ4n) is 0.144. The maximum Gasteiger partial charge on any atom is 0.324 e. The topological polar surface area (TPSA) is 66.5 Å². The highest BCUT2D eigenvalue weighted by Crippen LogP contribution is 1.83. The number of carbonyl (C=O) groups excluding carboxylic acids is 1. The van der Waals surface area contributed by atoms with E-state index in [0.29, 0.717) is 0 Å². The third-order valence-corrected chi connectivity index (χ3v) is 1.95. The quantitative estimate of drug-likeness (QED) is 0.496. The molecule has 0 aromatic heterocycles. The van der Waals surface area contributed by atoms with Crippen LogP contribution >= 0.6 is 0 Å². The Hall–Kier alpha value is -0.620. The molecule has 0 atom stereocenters. The minimum absolute atomic E-state index is 0.873. The van der Waals surface area contributed by atoms with Crippen LogP contribution in [0.5, 0.6) is 0 Å². The molecule has 0 aliphatic carbocycles. The van der Waals surface area contributed by atoms with Gasteiger partial charge in [0.25, 0.3) is 0 Å². The van der Waals surface area contributed by atoms with Gasteiger partial charge in [0.2, 0.25) is 0 Å². The molecule has 0 aromatic carbocycles. The van der Waals surface area contributed by atoms with Gasteiger partial charge in [0.05, 0.1) is 0 Å². The van der Waals surface area contributed by atoms with Gasteiger partial charge in [-0.15, -0.1) is 0 Å². The van der Waals surface area contributed by atoms with Crippen molar-refractivity contribution in [2.24, 2.45) is 0 Å². The number of amides is 1. The summed E-state index contributed by atoms with van der Waals surface area (Å²) in [6, 6.07) is 0. The molecule has 53 valence electrons. The van der Waals surface area contributed by atoms with E-state index in [2.05, 4.69) is 0 Å². The molecule has 0 spiro atoms. The summed E-state index contributed by atoms with van der Waals surface area (Å²) in [6.07, 6.45) is 1.06. The van der Waals surface area contributed by atoms with Gasteiger partial charge in [-0.2, -0.15) is 12.7 Å². The Bertz CT molecular complexity index is 183. The summed E-state index contributed by atoms with van der Waals surface area (Å²) in [7, 11) is -0.978. The van der Waals surface area contributed by atoms with Crippen molar-refractivity contribution in [2.45, 2.75) is 0 Å². The molecule has 0 saturated carbocycles. The van der Waals surface area contributed by atoms with Crippen molar-refractivity contribution in [1.29, 1.82) is 0 Å². The second-order valence-corrected chi connectivity index (χ2v) is 3.38. The number of rotatable bonds is 3. The predicted molar refractivity (Wildman–Crippen MR) is 31.4 cm³/mol. The normalized spacial score (nSPS) is 11.4. The van der Waals surface area contributed by atoms with Gasteiger partial charge in [0.1, 0.15) is 0 Å². The molecule has 0 saturated heterocycles. The Balaban J connectivity index is 4.22. The smallest absolute Gasteiger partial charge is 0.262 e. The number of hydrogen-bond donors (Lipinski definition) is 1. The molecule has 5 nitrogen and oxygen atoms in total. The van der Waals surface area contributed by atoms with E-state index in [0.717, 1.165) is 10.7 Å². The summed E-state index contributed by atoms with van der Waals surface area (Å²) >= 11 is 0. The van der Waals surface area contributed by atoms with Gasteiger partial charge in [-0.1, -0.05) is 0 Å². The number of nitrogens with zero attached hydrogens (tertiary/aromatic N) is 1. The highest BCUT2D eigenvalue weighted by atomic mass is 32.2. The molecule has 0 aliphatic heterocycles. The Morgan fingerprint density at radius 1 is 1.44 bits per heavy atom. The van der Waals surface area contributed by atoms with Gasteiger partial charge in [-0.3, -0.25) is 4.79 Å². The first kappa shape index (κ1) is 8.38. The van der Waals surface area contributed by atoms with Crippen molar-refractivity contribution < 1.29 is 13.2 Å². The zero-order valence-electron chi connectivity index (χ0n) is 5.08. The zero-order valence-corrected chi connectivity index (χ0v) is 5.90. The Kier molecular flexibility index (Phi) is 2.60. The van der Waals surface area contributed by atoms with Crippen molar-refractivity contribution in [1.82, 2.24) is 9.03 Å². The SMILES string of the molecule is CN(C)S(=O)(=O)N[C]=O. The van der Waals surface area contributed by atoms with Crippen molar-refractivity contribution in [3.8, 4) is 0 Å². The molecule has 1 N–H and O–H groups in total. The molecule has 1 radical (unpaired) electrons. The van der Waals surface area contributed by atoms with Crippen LogP contribution in [0, 0.1) is 0 Å². The molecule has 0 unspecified atom stereocenters. The van der Waals surface area contributed by atoms with E-state index in [-0.39, 0.29) is 0 Å². The largest absolute Gasteiger partial charge is 0.324 e. The second kappa shape index (κ2) is 2.79. The third-order valence-electron chi connectivity index (χ3n) is 0.651. The van der Waals surface area contributed by atoms with Crippen LogP contribution in [0.15, 0.2) is 0 Å². The van der Waals surface area contributed by atoms with E-state index in [1.165, 1.54) is 18.8 Å². The van der Waals surface area contributed by atoms with Crippen molar-refractivity contribution in [2.75, 3.05) is 14.1 Å². The highest BCUT2D eigenvalue weighted by molar-refractivity contribution is 7.87. The van der Waals surface area contributed by atoms with Crippen LogP contribution in [0.2, 0.25) is 0 Å². The molecule has 0 heterocycles. The second-order valence-electron chi connectivity index (χ2n) is 1.49. The summed E-state index contributed by atoms with van der Waals surface area (Å²) in [6.45, 7) is 0. The van der Waals surface area contributed by atoms with Crippen LogP contribution < -0.4 is 4.72 Å². The molecular weight excluding hydrogens is 144 g/mol. The molecular formula is C3H7N2O3S. The van der Waals surface area contributed by atoms with Gasteiger partial charge >= 0.3 is 16.6 Å². The molecule has 1 amide bonds. The number of hydrogen-bond acceptors (Lipinski definition) is 3. The number of nitrogens with one attached hydrogen (secondary N) is 1. The lowest BCUT2D eigenvalue weighted by atomic mass is 11.3. The summed E-state index contributed by atoms with van der Waals surface area (Å²) in [5, 5.41) is 0. The van der Waals surface area contributed by atoms with E-state index < -0.39 is 10.2 Å². The average molecular weight is 151 g/mol. The van der Waals surface area contributed by atoms with Crippen molar-refractivity contribution >= 4 is 16.6 Å². The Morgan fingerprint density at radius 2 is 1.89 bits per heavy atom. The minimum Gasteiger partial charge on any atom is -0.262 e. The maximum atomic E-state index is 10.5. The van der Waals surface area contributed by atoms with E-state index in [4.69, 9.17) is 0 Å².